The molecule has 18 heavy (non-hydrogen) atoms. The van der Waals surface area contributed by atoms with Gasteiger partial charge in [0.2, 0.25) is 10.0 Å². The zero-order valence-corrected chi connectivity index (χ0v) is 11.2. The third-order valence-electron chi connectivity index (χ3n) is 2.39. The van der Waals surface area contributed by atoms with Gasteiger partial charge in [-0.15, -0.1) is 0 Å². The highest BCUT2D eigenvalue weighted by molar-refractivity contribution is 7.89. The van der Waals surface area contributed by atoms with E-state index >= 15 is 0 Å². The van der Waals surface area contributed by atoms with E-state index in [4.69, 9.17) is 9.47 Å². The summed E-state index contributed by atoms with van der Waals surface area (Å²) in [4.78, 5) is 10.4. The molecule has 0 aliphatic heterocycles. The molecule has 7 heteroatoms. The lowest BCUT2D eigenvalue weighted by Crippen LogP contribution is -2.29. The predicted octanol–water partition coefficient (Wildman–Crippen LogP) is 0.523. The van der Waals surface area contributed by atoms with Crippen LogP contribution in [0.25, 0.3) is 0 Å². The van der Waals surface area contributed by atoms with Crippen LogP contribution in [0.5, 0.6) is 11.5 Å². The topological polar surface area (TPSA) is 72.9 Å². The molecule has 1 rings (SSSR count). The molecule has 0 saturated carbocycles. The molecule has 0 saturated heterocycles. The van der Waals surface area contributed by atoms with Crippen molar-refractivity contribution in [3.05, 3.63) is 18.2 Å². The SMILES string of the molecule is COc1ccc(OC)c(S(=O)(=O)N(C)CC=O)c1. The third kappa shape index (κ3) is 2.80. The monoisotopic (exact) mass is 273 g/mol. The predicted molar refractivity (Wildman–Crippen MR) is 65.4 cm³/mol. The van der Waals surface area contributed by atoms with E-state index in [1.165, 1.54) is 33.4 Å². The summed E-state index contributed by atoms with van der Waals surface area (Å²) in [5.74, 6) is 0.599. The van der Waals surface area contributed by atoms with Crippen LogP contribution in [0, 0.1) is 0 Å². The number of hydrogen-bond acceptors (Lipinski definition) is 5. The summed E-state index contributed by atoms with van der Waals surface area (Å²) in [6.45, 7) is -0.220. The fraction of sp³-hybridized carbons (Fsp3) is 0.364. The summed E-state index contributed by atoms with van der Waals surface area (Å²) < 4.78 is 35.3. The van der Waals surface area contributed by atoms with Crippen molar-refractivity contribution in [2.75, 3.05) is 27.8 Å². The van der Waals surface area contributed by atoms with Gasteiger partial charge in [-0.05, 0) is 12.1 Å². The molecule has 0 radical (unpaired) electrons. The average Bonchev–Trinajstić information content (AvgIpc) is 2.38. The molecule has 0 aliphatic rings. The minimum atomic E-state index is -3.78. The maximum Gasteiger partial charge on any atom is 0.247 e. The number of aldehydes is 1. The second-order valence-corrected chi connectivity index (χ2v) is 5.48. The second kappa shape index (κ2) is 5.83. The van der Waals surface area contributed by atoms with Gasteiger partial charge in [-0.1, -0.05) is 0 Å². The van der Waals surface area contributed by atoms with E-state index in [1.807, 2.05) is 0 Å². The number of ether oxygens (including phenoxy) is 2. The minimum absolute atomic E-state index is 0.0336. The van der Waals surface area contributed by atoms with Crippen LogP contribution < -0.4 is 9.47 Å². The maximum atomic E-state index is 12.2. The Labute approximate surface area is 106 Å². The fourth-order valence-corrected chi connectivity index (χ4v) is 2.62. The maximum absolute atomic E-state index is 12.2. The second-order valence-electron chi connectivity index (χ2n) is 3.47. The lowest BCUT2D eigenvalue weighted by molar-refractivity contribution is -0.107. The van der Waals surface area contributed by atoms with Gasteiger partial charge in [0.1, 0.15) is 22.7 Å². The number of likely N-dealkylation sites (N-methyl/N-ethyl adjacent to an activating group) is 1. The van der Waals surface area contributed by atoms with E-state index in [0.29, 0.717) is 12.0 Å². The Bertz CT molecular complexity index is 526. The number of carbonyl (C=O) groups is 1. The van der Waals surface area contributed by atoms with Crippen LogP contribution in [0.15, 0.2) is 23.1 Å². The van der Waals surface area contributed by atoms with Gasteiger partial charge in [0.15, 0.2) is 0 Å². The summed E-state index contributed by atoms with van der Waals surface area (Å²) in [6, 6.07) is 4.45. The average molecular weight is 273 g/mol. The first-order valence-corrected chi connectivity index (χ1v) is 6.53. The number of rotatable bonds is 6. The zero-order valence-electron chi connectivity index (χ0n) is 10.4. The van der Waals surface area contributed by atoms with Crippen LogP contribution in [-0.4, -0.2) is 46.8 Å². The van der Waals surface area contributed by atoms with Crippen molar-refractivity contribution in [1.82, 2.24) is 4.31 Å². The summed E-state index contributed by atoms with van der Waals surface area (Å²) in [6.07, 6.45) is 0.518. The molecular weight excluding hydrogens is 258 g/mol. The van der Waals surface area contributed by atoms with Crippen molar-refractivity contribution in [2.24, 2.45) is 0 Å². The molecule has 0 unspecified atom stereocenters. The molecule has 1 aromatic carbocycles. The Morgan fingerprint density at radius 2 is 1.94 bits per heavy atom. The highest BCUT2D eigenvalue weighted by Gasteiger charge is 2.25. The molecule has 0 aromatic heterocycles. The van der Waals surface area contributed by atoms with Crippen molar-refractivity contribution in [2.45, 2.75) is 4.90 Å². The smallest absolute Gasteiger partial charge is 0.247 e. The van der Waals surface area contributed by atoms with Crippen LogP contribution in [0.1, 0.15) is 0 Å². The first kappa shape index (κ1) is 14.5. The Kier molecular flexibility index (Phi) is 4.69. The summed E-state index contributed by atoms with van der Waals surface area (Å²) in [7, 11) is 0.356. The fourth-order valence-electron chi connectivity index (χ4n) is 1.36. The highest BCUT2D eigenvalue weighted by Crippen LogP contribution is 2.29. The molecule has 0 atom stereocenters. The van der Waals surface area contributed by atoms with Crippen molar-refractivity contribution in [1.29, 1.82) is 0 Å². The van der Waals surface area contributed by atoms with E-state index in [2.05, 4.69) is 0 Å². The van der Waals surface area contributed by atoms with Crippen LogP contribution in [-0.2, 0) is 14.8 Å². The molecule has 100 valence electrons. The molecule has 0 spiro atoms. The van der Waals surface area contributed by atoms with E-state index in [-0.39, 0.29) is 17.2 Å². The largest absolute Gasteiger partial charge is 0.497 e. The quantitative estimate of drug-likeness (QED) is 0.707. The van der Waals surface area contributed by atoms with Crippen molar-refractivity contribution in [3.63, 3.8) is 0 Å². The third-order valence-corrected chi connectivity index (χ3v) is 4.24. The van der Waals surface area contributed by atoms with Gasteiger partial charge in [-0.2, -0.15) is 4.31 Å². The first-order chi connectivity index (χ1) is 8.47. The molecule has 0 aliphatic carbocycles. The van der Waals surface area contributed by atoms with E-state index in [1.54, 1.807) is 6.07 Å². The Balaban J connectivity index is 3.33. The number of hydrogen-bond donors (Lipinski definition) is 0. The van der Waals surface area contributed by atoms with E-state index < -0.39 is 10.0 Å². The molecule has 6 nitrogen and oxygen atoms in total. The number of methoxy groups -OCH3 is 2. The van der Waals surface area contributed by atoms with Crippen LogP contribution in [0.3, 0.4) is 0 Å². The van der Waals surface area contributed by atoms with Gasteiger partial charge in [0.25, 0.3) is 0 Å². The lowest BCUT2D eigenvalue weighted by Gasteiger charge is -2.17. The van der Waals surface area contributed by atoms with Gasteiger partial charge in [0, 0.05) is 13.1 Å². The molecule has 0 amide bonds. The molecule has 1 aromatic rings. The molecule has 0 fully saturated rings. The van der Waals surface area contributed by atoms with Crippen LogP contribution in [0.2, 0.25) is 0 Å². The van der Waals surface area contributed by atoms with Gasteiger partial charge in [0.05, 0.1) is 20.8 Å². The van der Waals surface area contributed by atoms with Gasteiger partial charge < -0.3 is 14.3 Å². The number of carbonyl (C=O) groups excluding carboxylic acids is 1. The van der Waals surface area contributed by atoms with Crippen molar-refractivity contribution < 1.29 is 22.7 Å². The standard InChI is InChI=1S/C11H15NO5S/c1-12(6-7-13)18(14,15)11-8-9(16-2)4-5-10(11)17-3/h4-5,7-8H,6H2,1-3H3. The minimum Gasteiger partial charge on any atom is -0.497 e. The Morgan fingerprint density at radius 3 is 2.44 bits per heavy atom. The molecule has 0 heterocycles. The molecular formula is C11H15NO5S. The Morgan fingerprint density at radius 1 is 1.28 bits per heavy atom. The first-order valence-electron chi connectivity index (χ1n) is 5.09. The Hall–Kier alpha value is -1.60. The summed E-state index contributed by atoms with van der Waals surface area (Å²) in [5.41, 5.74) is 0. The van der Waals surface area contributed by atoms with Crippen LogP contribution in [0.4, 0.5) is 0 Å². The van der Waals surface area contributed by atoms with Crippen molar-refractivity contribution in [3.8, 4) is 11.5 Å². The summed E-state index contributed by atoms with van der Waals surface area (Å²) >= 11 is 0. The van der Waals surface area contributed by atoms with E-state index in [9.17, 15) is 13.2 Å². The number of nitrogens with zero attached hydrogens (tertiary/aromatic N) is 1. The van der Waals surface area contributed by atoms with Gasteiger partial charge in [-0.3, -0.25) is 0 Å². The van der Waals surface area contributed by atoms with Gasteiger partial charge >= 0.3 is 0 Å². The van der Waals surface area contributed by atoms with Crippen molar-refractivity contribution >= 4 is 16.3 Å². The van der Waals surface area contributed by atoms with E-state index in [0.717, 1.165) is 4.31 Å². The molecule has 0 N–H and O–H groups in total. The lowest BCUT2D eigenvalue weighted by atomic mass is 10.3. The normalized spacial score (nSPS) is 11.3. The summed E-state index contributed by atoms with van der Waals surface area (Å²) in [5, 5.41) is 0. The highest BCUT2D eigenvalue weighted by atomic mass is 32.2. The molecule has 0 bridgehead atoms. The van der Waals surface area contributed by atoms with Gasteiger partial charge in [-0.25, -0.2) is 8.42 Å². The van der Waals surface area contributed by atoms with Crippen LogP contribution >= 0.6 is 0 Å². The number of sulfonamides is 1. The number of benzene rings is 1. The zero-order chi connectivity index (χ0) is 13.8.